The maximum atomic E-state index is 12.4. The normalized spacial score (nSPS) is 12.6. The predicted octanol–water partition coefficient (Wildman–Crippen LogP) is 3.71. The van der Waals surface area contributed by atoms with E-state index in [0.29, 0.717) is 22.7 Å². The Hall–Kier alpha value is -3.39. The molecule has 8 heteroatoms. The molecule has 0 aliphatic carbocycles. The maximum Gasteiger partial charge on any atom is 0.338 e. The van der Waals surface area contributed by atoms with Crippen LogP contribution in [0.1, 0.15) is 42.9 Å². The third-order valence-electron chi connectivity index (χ3n) is 4.94. The Bertz CT molecular complexity index is 1250. The number of nitrogens with two attached hydrogens (primary N) is 1. The summed E-state index contributed by atoms with van der Waals surface area (Å²) in [6, 6.07) is 9.17. The second-order valence-electron chi connectivity index (χ2n) is 7.64. The second-order valence-corrected chi connectivity index (χ2v) is 7.64. The van der Waals surface area contributed by atoms with Gasteiger partial charge in [-0.25, -0.2) is 14.8 Å². The number of hydrogen-bond donors (Lipinski definition) is 2. The fourth-order valence-corrected chi connectivity index (χ4v) is 3.50. The van der Waals surface area contributed by atoms with E-state index >= 15 is 0 Å². The summed E-state index contributed by atoms with van der Waals surface area (Å²) in [5.41, 5.74) is 10.2. The first-order valence-electron chi connectivity index (χ1n) is 9.79. The number of carbonyl (C=O) groups excluding carboxylic acids is 1. The van der Waals surface area contributed by atoms with Gasteiger partial charge < -0.3 is 24.8 Å². The van der Waals surface area contributed by atoms with Crippen molar-refractivity contribution in [2.24, 2.45) is 12.8 Å². The molecule has 0 radical (unpaired) electrons. The lowest BCUT2D eigenvalue weighted by Crippen LogP contribution is -2.11. The van der Waals surface area contributed by atoms with Crippen LogP contribution in [0, 0.1) is 0 Å². The molecule has 3 heterocycles. The number of esters is 1. The second kappa shape index (κ2) is 7.46. The summed E-state index contributed by atoms with van der Waals surface area (Å²) in [6.07, 6.45) is -0.210. The average Bonchev–Trinajstić information content (AvgIpc) is 3.26. The van der Waals surface area contributed by atoms with E-state index in [-0.39, 0.29) is 12.1 Å². The van der Waals surface area contributed by atoms with Crippen molar-refractivity contribution in [1.29, 1.82) is 0 Å². The maximum absolute atomic E-state index is 12.4. The number of rotatable bonds is 5. The zero-order valence-corrected chi connectivity index (χ0v) is 17.7. The van der Waals surface area contributed by atoms with E-state index in [1.807, 2.05) is 50.6 Å². The van der Waals surface area contributed by atoms with Crippen LogP contribution in [0.2, 0.25) is 0 Å². The van der Waals surface area contributed by atoms with Crippen LogP contribution in [-0.2, 0) is 11.8 Å². The minimum absolute atomic E-state index is 0.148. The number of imidazole rings is 1. The van der Waals surface area contributed by atoms with Crippen molar-refractivity contribution >= 4 is 28.0 Å². The number of nitrogens with one attached hydrogen (secondary N) is 1. The molecule has 0 saturated heterocycles. The number of nitrogens with zero attached hydrogens (tertiary/aromatic N) is 3. The number of hydrogen-bond acceptors (Lipinski definition) is 6. The van der Waals surface area contributed by atoms with Crippen molar-refractivity contribution in [3.05, 3.63) is 41.6 Å². The third kappa shape index (κ3) is 3.39. The molecular weight excluding hydrogens is 382 g/mol. The van der Waals surface area contributed by atoms with Crippen molar-refractivity contribution in [2.75, 3.05) is 7.11 Å². The lowest BCUT2D eigenvalue weighted by molar-refractivity contribution is 0.0377. The molecule has 30 heavy (non-hydrogen) atoms. The van der Waals surface area contributed by atoms with Crippen LogP contribution >= 0.6 is 0 Å². The molecule has 1 atom stereocenters. The minimum Gasteiger partial charge on any atom is -0.494 e. The van der Waals surface area contributed by atoms with E-state index in [1.165, 1.54) is 0 Å². The standard InChI is InChI=1S/C22H25N5O3/c1-11(2)30-22(28)14-9-16-19(18(10-14)29-5)27(4)21(26-16)17-8-13-6-7-15(12(3)23)24-20(13)25-17/h6-12H,23H2,1-5H3,(H,24,25). The fourth-order valence-electron chi connectivity index (χ4n) is 3.50. The summed E-state index contributed by atoms with van der Waals surface area (Å²) in [4.78, 5) is 25.1. The zero-order chi connectivity index (χ0) is 21.6. The van der Waals surface area contributed by atoms with Gasteiger partial charge in [0.25, 0.3) is 0 Å². The van der Waals surface area contributed by atoms with E-state index < -0.39 is 5.97 Å². The molecule has 0 aliphatic heterocycles. The van der Waals surface area contributed by atoms with Crippen LogP contribution in [-0.4, -0.2) is 38.7 Å². The molecule has 0 fully saturated rings. The topological polar surface area (TPSA) is 108 Å². The first kappa shape index (κ1) is 19.9. The molecule has 156 valence electrons. The first-order chi connectivity index (χ1) is 14.3. The summed E-state index contributed by atoms with van der Waals surface area (Å²) in [5.74, 6) is 0.853. The molecule has 8 nitrogen and oxygen atoms in total. The van der Waals surface area contributed by atoms with E-state index in [0.717, 1.165) is 27.9 Å². The molecule has 0 aliphatic rings. The average molecular weight is 407 g/mol. The quantitative estimate of drug-likeness (QED) is 0.488. The molecule has 3 aromatic heterocycles. The Morgan fingerprint density at radius 3 is 2.60 bits per heavy atom. The van der Waals surface area contributed by atoms with Gasteiger partial charge in [0.2, 0.25) is 0 Å². The summed E-state index contributed by atoms with van der Waals surface area (Å²) in [7, 11) is 3.48. The van der Waals surface area contributed by atoms with Crippen LogP contribution < -0.4 is 10.5 Å². The van der Waals surface area contributed by atoms with Gasteiger partial charge >= 0.3 is 5.97 Å². The van der Waals surface area contributed by atoms with E-state index in [4.69, 9.17) is 20.2 Å². The Kier molecular flexibility index (Phi) is 4.95. The molecule has 3 N–H and O–H groups in total. The molecular formula is C22H25N5O3. The Morgan fingerprint density at radius 2 is 1.93 bits per heavy atom. The van der Waals surface area contributed by atoms with Gasteiger partial charge in [0, 0.05) is 18.5 Å². The summed E-state index contributed by atoms with van der Waals surface area (Å²) in [6.45, 7) is 5.53. The van der Waals surface area contributed by atoms with E-state index in [2.05, 4.69) is 9.97 Å². The molecule has 0 spiro atoms. The number of aryl methyl sites for hydroxylation is 1. The molecule has 4 aromatic rings. The van der Waals surface area contributed by atoms with Crippen molar-refractivity contribution in [2.45, 2.75) is 32.9 Å². The van der Waals surface area contributed by atoms with Gasteiger partial charge in [-0.05, 0) is 51.1 Å². The lowest BCUT2D eigenvalue weighted by Gasteiger charge is -2.10. The molecule has 0 saturated carbocycles. The number of aromatic nitrogens is 4. The lowest BCUT2D eigenvalue weighted by atomic mass is 10.2. The van der Waals surface area contributed by atoms with Crippen LogP contribution in [0.3, 0.4) is 0 Å². The SMILES string of the molecule is COc1cc(C(=O)OC(C)C)cc2nc(-c3cc4ccc(C(C)N)nc4[nH]3)n(C)c12. The number of pyridine rings is 1. The largest absolute Gasteiger partial charge is 0.494 e. The highest BCUT2D eigenvalue weighted by atomic mass is 16.5. The van der Waals surface area contributed by atoms with Crippen molar-refractivity contribution < 1.29 is 14.3 Å². The van der Waals surface area contributed by atoms with Crippen molar-refractivity contribution in [1.82, 2.24) is 19.5 Å². The van der Waals surface area contributed by atoms with Crippen molar-refractivity contribution in [3.63, 3.8) is 0 Å². The summed E-state index contributed by atoms with van der Waals surface area (Å²) in [5, 5.41) is 0.967. The highest BCUT2D eigenvalue weighted by Crippen LogP contribution is 2.32. The molecule has 1 unspecified atom stereocenters. The number of ether oxygens (including phenoxy) is 2. The number of methoxy groups -OCH3 is 1. The number of aromatic amines is 1. The number of H-pyrrole nitrogens is 1. The third-order valence-corrected chi connectivity index (χ3v) is 4.94. The highest BCUT2D eigenvalue weighted by Gasteiger charge is 2.20. The molecule has 4 rings (SSSR count). The molecule has 0 bridgehead atoms. The van der Waals surface area contributed by atoms with Crippen LogP contribution in [0.5, 0.6) is 5.75 Å². The smallest absolute Gasteiger partial charge is 0.338 e. The Balaban J connectivity index is 1.85. The van der Waals surface area contributed by atoms with E-state index in [9.17, 15) is 4.79 Å². The summed E-state index contributed by atoms with van der Waals surface area (Å²) >= 11 is 0. The van der Waals surface area contributed by atoms with Crippen LogP contribution in [0.15, 0.2) is 30.3 Å². The monoisotopic (exact) mass is 407 g/mol. The van der Waals surface area contributed by atoms with Gasteiger partial charge in [-0.15, -0.1) is 0 Å². The molecule has 1 aromatic carbocycles. The summed E-state index contributed by atoms with van der Waals surface area (Å²) < 4.78 is 12.8. The first-order valence-corrected chi connectivity index (χ1v) is 9.79. The Morgan fingerprint density at radius 1 is 1.17 bits per heavy atom. The zero-order valence-electron chi connectivity index (χ0n) is 17.7. The van der Waals surface area contributed by atoms with Gasteiger partial charge in [0.05, 0.1) is 35.7 Å². The van der Waals surface area contributed by atoms with Gasteiger partial charge in [-0.2, -0.15) is 0 Å². The van der Waals surface area contributed by atoms with Gasteiger partial charge in [0.15, 0.2) is 5.82 Å². The predicted molar refractivity (Wildman–Crippen MR) is 116 cm³/mol. The van der Waals surface area contributed by atoms with Gasteiger partial charge in [0.1, 0.15) is 16.9 Å². The fraction of sp³-hybridized carbons (Fsp3) is 0.318. The minimum atomic E-state index is -0.407. The van der Waals surface area contributed by atoms with Crippen LogP contribution in [0.25, 0.3) is 33.6 Å². The van der Waals surface area contributed by atoms with Gasteiger partial charge in [-0.3, -0.25) is 0 Å². The Labute approximate surface area is 174 Å². The van der Waals surface area contributed by atoms with Crippen molar-refractivity contribution in [3.8, 4) is 17.3 Å². The van der Waals surface area contributed by atoms with Crippen LogP contribution in [0.4, 0.5) is 0 Å². The molecule has 0 amide bonds. The number of carbonyl (C=O) groups is 1. The highest BCUT2D eigenvalue weighted by molar-refractivity contribution is 5.97. The van der Waals surface area contributed by atoms with Gasteiger partial charge in [-0.1, -0.05) is 0 Å². The number of benzene rings is 1. The number of fused-ring (bicyclic) bond motifs is 2. The van der Waals surface area contributed by atoms with E-state index in [1.54, 1.807) is 19.2 Å².